The fourth-order valence-electron chi connectivity index (χ4n) is 3.04. The van der Waals surface area contributed by atoms with Crippen LogP contribution in [0.1, 0.15) is 17.5 Å². The van der Waals surface area contributed by atoms with Crippen molar-refractivity contribution in [2.45, 2.75) is 12.8 Å². The van der Waals surface area contributed by atoms with Crippen LogP contribution in [-0.2, 0) is 6.42 Å². The topological polar surface area (TPSA) is 27.0 Å². The minimum Gasteiger partial charge on any atom is -0.325 e. The number of nitriles is 1. The van der Waals surface area contributed by atoms with Crippen LogP contribution in [0.3, 0.4) is 0 Å². The van der Waals surface area contributed by atoms with Crippen LogP contribution < -0.4 is 0 Å². The SMILES string of the molecule is N#CB1C(c2ccccc2)=CCCN1CCc1ccccc1. The van der Waals surface area contributed by atoms with Crippen molar-refractivity contribution in [2.75, 3.05) is 13.1 Å². The predicted octanol–water partition coefficient (Wildman–Crippen LogP) is 3.61. The Hall–Kier alpha value is -2.31. The summed E-state index contributed by atoms with van der Waals surface area (Å²) in [5.74, 6) is 2.50. The van der Waals surface area contributed by atoms with Gasteiger partial charge in [0.2, 0.25) is 0 Å². The molecule has 0 radical (unpaired) electrons. The molecule has 0 spiro atoms. The zero-order valence-corrected chi connectivity index (χ0v) is 12.7. The molecule has 0 aromatic heterocycles. The van der Waals surface area contributed by atoms with Crippen molar-refractivity contribution >= 4 is 12.3 Å². The third-order valence-electron chi connectivity index (χ3n) is 4.20. The van der Waals surface area contributed by atoms with Crippen molar-refractivity contribution < 1.29 is 0 Å². The molecule has 0 amide bonds. The maximum Gasteiger partial charge on any atom is 0.381 e. The molecule has 0 aliphatic carbocycles. The summed E-state index contributed by atoms with van der Waals surface area (Å²) in [6.45, 7) is 1.74. The van der Waals surface area contributed by atoms with Crippen molar-refractivity contribution in [3.05, 3.63) is 77.9 Å². The summed E-state index contributed by atoms with van der Waals surface area (Å²) in [5, 5.41) is 9.66. The van der Waals surface area contributed by atoms with E-state index in [9.17, 15) is 5.26 Å². The zero-order valence-electron chi connectivity index (χ0n) is 12.7. The van der Waals surface area contributed by atoms with Crippen LogP contribution in [0.15, 0.2) is 66.7 Å². The molecule has 1 aliphatic heterocycles. The molecule has 0 atom stereocenters. The van der Waals surface area contributed by atoms with Crippen LogP contribution in [0.2, 0.25) is 0 Å². The average molecular weight is 286 g/mol. The summed E-state index contributed by atoms with van der Waals surface area (Å²) < 4.78 is 0. The Morgan fingerprint density at radius 2 is 1.68 bits per heavy atom. The summed E-state index contributed by atoms with van der Waals surface area (Å²) in [6.07, 6.45) is 4.22. The molecule has 0 fully saturated rings. The lowest BCUT2D eigenvalue weighted by Crippen LogP contribution is -2.44. The lowest BCUT2D eigenvalue weighted by Gasteiger charge is -2.30. The van der Waals surface area contributed by atoms with E-state index in [0.717, 1.165) is 31.4 Å². The molecular formula is C19H19BN2. The van der Waals surface area contributed by atoms with Gasteiger partial charge in [-0.15, -0.1) is 0 Å². The first-order chi connectivity index (χ1) is 10.9. The van der Waals surface area contributed by atoms with E-state index in [4.69, 9.17) is 0 Å². The van der Waals surface area contributed by atoms with Gasteiger partial charge < -0.3 is 4.81 Å². The second kappa shape index (κ2) is 7.11. The number of benzene rings is 2. The Morgan fingerprint density at radius 3 is 2.36 bits per heavy atom. The van der Waals surface area contributed by atoms with E-state index in [-0.39, 0.29) is 6.85 Å². The van der Waals surface area contributed by atoms with Gasteiger partial charge in [0.15, 0.2) is 0 Å². The molecule has 0 unspecified atom stereocenters. The van der Waals surface area contributed by atoms with Gasteiger partial charge in [-0.25, -0.2) is 5.26 Å². The predicted molar refractivity (Wildman–Crippen MR) is 92.1 cm³/mol. The molecule has 1 aliphatic rings. The van der Waals surface area contributed by atoms with E-state index in [2.05, 4.69) is 53.3 Å². The molecule has 0 bridgehead atoms. The quantitative estimate of drug-likeness (QED) is 0.803. The van der Waals surface area contributed by atoms with E-state index >= 15 is 0 Å². The highest BCUT2D eigenvalue weighted by Crippen LogP contribution is 2.24. The van der Waals surface area contributed by atoms with Gasteiger partial charge in [0, 0.05) is 5.97 Å². The Morgan fingerprint density at radius 1 is 1.00 bits per heavy atom. The van der Waals surface area contributed by atoms with Gasteiger partial charge >= 0.3 is 6.85 Å². The lowest BCUT2D eigenvalue weighted by atomic mass is 9.51. The highest BCUT2D eigenvalue weighted by Gasteiger charge is 2.31. The van der Waals surface area contributed by atoms with E-state index in [0.29, 0.717) is 0 Å². The van der Waals surface area contributed by atoms with E-state index in [1.807, 2.05) is 24.3 Å². The molecular weight excluding hydrogens is 267 g/mol. The number of rotatable bonds is 4. The molecule has 3 rings (SSSR count). The minimum atomic E-state index is -0.139. The largest absolute Gasteiger partial charge is 0.381 e. The molecule has 0 N–H and O–H groups in total. The first kappa shape index (κ1) is 14.6. The van der Waals surface area contributed by atoms with Crippen LogP contribution in [0.4, 0.5) is 0 Å². The first-order valence-electron chi connectivity index (χ1n) is 7.81. The fraction of sp³-hybridized carbons (Fsp3) is 0.211. The number of nitrogens with zero attached hydrogens (tertiary/aromatic N) is 2. The van der Waals surface area contributed by atoms with Gasteiger partial charge in [0.25, 0.3) is 0 Å². The van der Waals surface area contributed by atoms with Crippen molar-refractivity contribution in [3.63, 3.8) is 0 Å². The third-order valence-corrected chi connectivity index (χ3v) is 4.20. The smallest absolute Gasteiger partial charge is 0.325 e. The molecule has 108 valence electrons. The van der Waals surface area contributed by atoms with E-state index in [1.165, 1.54) is 11.1 Å². The second-order valence-corrected chi connectivity index (χ2v) is 5.62. The maximum absolute atomic E-state index is 9.66. The van der Waals surface area contributed by atoms with Gasteiger partial charge in [-0.05, 0) is 42.5 Å². The van der Waals surface area contributed by atoms with Crippen molar-refractivity contribution in [1.82, 2.24) is 4.81 Å². The van der Waals surface area contributed by atoms with Gasteiger partial charge in [-0.2, -0.15) is 0 Å². The van der Waals surface area contributed by atoms with Crippen molar-refractivity contribution in [3.8, 4) is 5.97 Å². The first-order valence-corrected chi connectivity index (χ1v) is 7.81. The number of hydrogen-bond acceptors (Lipinski definition) is 2. The highest BCUT2D eigenvalue weighted by molar-refractivity contribution is 6.83. The van der Waals surface area contributed by atoms with Gasteiger partial charge in [-0.1, -0.05) is 66.7 Å². The van der Waals surface area contributed by atoms with Crippen LogP contribution >= 0.6 is 0 Å². The van der Waals surface area contributed by atoms with Crippen LogP contribution in [0, 0.1) is 11.2 Å². The molecule has 2 aromatic carbocycles. The van der Waals surface area contributed by atoms with Crippen molar-refractivity contribution in [1.29, 1.82) is 5.26 Å². The molecule has 2 aromatic rings. The monoisotopic (exact) mass is 286 g/mol. The summed E-state index contributed by atoms with van der Waals surface area (Å²) in [4.78, 5) is 2.30. The summed E-state index contributed by atoms with van der Waals surface area (Å²) in [7, 11) is 0. The molecule has 3 heteroatoms. The molecule has 0 saturated carbocycles. The lowest BCUT2D eigenvalue weighted by molar-refractivity contribution is 0.448. The van der Waals surface area contributed by atoms with Gasteiger partial charge in [0.05, 0.1) is 0 Å². The zero-order chi connectivity index (χ0) is 15.2. The van der Waals surface area contributed by atoms with Gasteiger partial charge in [0.1, 0.15) is 0 Å². The van der Waals surface area contributed by atoms with Crippen LogP contribution in [0.5, 0.6) is 0 Å². The Kier molecular flexibility index (Phi) is 4.73. The second-order valence-electron chi connectivity index (χ2n) is 5.62. The van der Waals surface area contributed by atoms with Crippen LogP contribution in [0.25, 0.3) is 5.47 Å². The van der Waals surface area contributed by atoms with Crippen LogP contribution in [-0.4, -0.2) is 24.7 Å². The third kappa shape index (κ3) is 3.29. The molecule has 0 saturated heterocycles. The Balaban J connectivity index is 1.74. The van der Waals surface area contributed by atoms with Crippen molar-refractivity contribution in [2.24, 2.45) is 0 Å². The van der Waals surface area contributed by atoms with E-state index in [1.54, 1.807) is 0 Å². The fourth-order valence-corrected chi connectivity index (χ4v) is 3.04. The highest BCUT2D eigenvalue weighted by atomic mass is 15.1. The minimum absolute atomic E-state index is 0.139. The Labute approximate surface area is 132 Å². The maximum atomic E-state index is 9.66. The molecule has 2 nitrogen and oxygen atoms in total. The number of hydrogen-bond donors (Lipinski definition) is 0. The summed E-state index contributed by atoms with van der Waals surface area (Å²) in [5.41, 5.74) is 3.65. The normalized spacial score (nSPS) is 15.2. The van der Waals surface area contributed by atoms with E-state index < -0.39 is 0 Å². The molecule has 1 heterocycles. The summed E-state index contributed by atoms with van der Waals surface area (Å²) in [6, 6.07) is 20.8. The molecule has 22 heavy (non-hydrogen) atoms. The summed E-state index contributed by atoms with van der Waals surface area (Å²) >= 11 is 0. The average Bonchev–Trinajstić information content (AvgIpc) is 2.61. The standard InChI is InChI=1S/C19H19BN2/c21-16-20-19(18-10-5-2-6-11-18)12-7-14-22(20)15-13-17-8-3-1-4-9-17/h1-6,8-12H,7,13-15H2. The van der Waals surface area contributed by atoms with Gasteiger partial charge in [-0.3, -0.25) is 0 Å². The Bertz CT molecular complexity index is 674.